The van der Waals surface area contributed by atoms with Crippen LogP contribution >= 0.6 is 0 Å². The summed E-state index contributed by atoms with van der Waals surface area (Å²) in [5.74, 6) is -0.328. The first-order valence-corrected chi connectivity index (χ1v) is 6.41. The fraction of sp³-hybridized carbons (Fsp3) is 0.429. The molecule has 0 bridgehead atoms. The molecule has 0 heterocycles. The Labute approximate surface area is 123 Å². The van der Waals surface area contributed by atoms with E-state index in [2.05, 4.69) is 10.6 Å². The van der Waals surface area contributed by atoms with Crippen LogP contribution in [0.4, 0.5) is 10.5 Å². The van der Waals surface area contributed by atoms with E-state index in [4.69, 9.17) is 14.6 Å². The number of methoxy groups -OCH3 is 2. The average molecular weight is 296 g/mol. The summed E-state index contributed by atoms with van der Waals surface area (Å²) >= 11 is 0. The van der Waals surface area contributed by atoms with Crippen molar-refractivity contribution in [1.29, 1.82) is 0 Å². The van der Waals surface area contributed by atoms with Gasteiger partial charge in [0.25, 0.3) is 0 Å². The Morgan fingerprint density at radius 3 is 2.33 bits per heavy atom. The van der Waals surface area contributed by atoms with E-state index in [1.54, 1.807) is 32.0 Å². The molecule has 3 N–H and O–H groups in total. The number of carbonyl (C=O) groups is 2. The molecule has 1 aromatic carbocycles. The van der Waals surface area contributed by atoms with E-state index in [-0.39, 0.29) is 5.92 Å². The highest BCUT2D eigenvalue weighted by molar-refractivity contribution is 5.93. The number of hydrogen-bond acceptors (Lipinski definition) is 4. The van der Waals surface area contributed by atoms with Crippen LogP contribution in [0.1, 0.15) is 13.8 Å². The van der Waals surface area contributed by atoms with Crippen LogP contribution in [0.3, 0.4) is 0 Å². The van der Waals surface area contributed by atoms with Gasteiger partial charge in [-0.2, -0.15) is 0 Å². The molecule has 0 radical (unpaired) electrons. The molecule has 0 fully saturated rings. The van der Waals surface area contributed by atoms with E-state index in [1.807, 2.05) is 0 Å². The van der Waals surface area contributed by atoms with Crippen LogP contribution < -0.4 is 20.1 Å². The van der Waals surface area contributed by atoms with Crippen molar-refractivity contribution in [2.45, 2.75) is 19.9 Å². The van der Waals surface area contributed by atoms with E-state index >= 15 is 0 Å². The van der Waals surface area contributed by atoms with Crippen molar-refractivity contribution in [2.75, 3.05) is 19.5 Å². The monoisotopic (exact) mass is 296 g/mol. The molecule has 1 unspecified atom stereocenters. The molecule has 21 heavy (non-hydrogen) atoms. The molecule has 1 atom stereocenters. The molecule has 0 aromatic heterocycles. The van der Waals surface area contributed by atoms with Gasteiger partial charge in [-0.15, -0.1) is 0 Å². The van der Waals surface area contributed by atoms with Gasteiger partial charge in [-0.1, -0.05) is 13.8 Å². The van der Waals surface area contributed by atoms with Gasteiger partial charge in [0.05, 0.1) is 19.9 Å². The first kappa shape index (κ1) is 16.6. The zero-order valence-corrected chi connectivity index (χ0v) is 12.5. The maximum absolute atomic E-state index is 11.9. The lowest BCUT2D eigenvalue weighted by Crippen LogP contribution is -2.46. The number of carboxylic acid groups (broad SMARTS) is 1. The highest BCUT2D eigenvalue weighted by Gasteiger charge is 2.23. The van der Waals surface area contributed by atoms with Gasteiger partial charge in [-0.05, 0) is 18.1 Å². The molecule has 1 rings (SSSR count). The van der Waals surface area contributed by atoms with Crippen LogP contribution in [0.2, 0.25) is 0 Å². The Bertz CT molecular complexity index is 516. The second kappa shape index (κ2) is 7.37. The van der Waals surface area contributed by atoms with E-state index < -0.39 is 18.0 Å². The Morgan fingerprint density at radius 1 is 1.19 bits per heavy atom. The van der Waals surface area contributed by atoms with Crippen molar-refractivity contribution in [2.24, 2.45) is 5.92 Å². The van der Waals surface area contributed by atoms with Gasteiger partial charge < -0.3 is 25.2 Å². The number of anilines is 1. The summed E-state index contributed by atoms with van der Waals surface area (Å²) in [6.07, 6.45) is 0. The summed E-state index contributed by atoms with van der Waals surface area (Å²) in [5, 5.41) is 14.0. The number of rotatable bonds is 6. The number of nitrogens with one attached hydrogen (secondary N) is 2. The summed E-state index contributed by atoms with van der Waals surface area (Å²) < 4.78 is 10.2. The van der Waals surface area contributed by atoms with Crippen molar-refractivity contribution in [1.82, 2.24) is 5.32 Å². The summed E-state index contributed by atoms with van der Waals surface area (Å²) in [6, 6.07) is 3.33. The maximum atomic E-state index is 11.9. The van der Waals surface area contributed by atoms with Gasteiger partial charge in [0.1, 0.15) is 17.5 Å². The Morgan fingerprint density at radius 2 is 1.86 bits per heavy atom. The Kier molecular flexibility index (Phi) is 5.83. The van der Waals surface area contributed by atoms with Crippen molar-refractivity contribution in [3.8, 4) is 11.5 Å². The van der Waals surface area contributed by atoms with Gasteiger partial charge in [0.15, 0.2) is 0 Å². The summed E-state index contributed by atoms with van der Waals surface area (Å²) in [7, 11) is 2.98. The predicted molar refractivity (Wildman–Crippen MR) is 78.0 cm³/mol. The second-order valence-corrected chi connectivity index (χ2v) is 4.72. The van der Waals surface area contributed by atoms with Crippen LogP contribution in [0.5, 0.6) is 11.5 Å². The van der Waals surface area contributed by atoms with Crippen LogP contribution in [0.25, 0.3) is 0 Å². The molecule has 0 saturated carbocycles. The van der Waals surface area contributed by atoms with Gasteiger partial charge in [-0.25, -0.2) is 9.59 Å². The molecule has 0 aliphatic rings. The van der Waals surface area contributed by atoms with Gasteiger partial charge in [0, 0.05) is 6.07 Å². The number of carboxylic acids is 1. The quantitative estimate of drug-likeness (QED) is 0.745. The number of ether oxygens (including phenoxy) is 2. The molecule has 7 nitrogen and oxygen atoms in total. The van der Waals surface area contributed by atoms with E-state index in [1.165, 1.54) is 14.2 Å². The molecule has 0 aliphatic carbocycles. The summed E-state index contributed by atoms with van der Waals surface area (Å²) in [5.41, 5.74) is 0.391. The number of hydrogen-bond donors (Lipinski definition) is 3. The molecule has 1 aromatic rings. The second-order valence-electron chi connectivity index (χ2n) is 4.72. The van der Waals surface area contributed by atoms with Crippen LogP contribution in [-0.4, -0.2) is 37.4 Å². The molecule has 2 amide bonds. The lowest BCUT2D eigenvalue weighted by molar-refractivity contribution is -0.140. The molecular formula is C14H20N2O5. The summed E-state index contributed by atoms with van der Waals surface area (Å²) in [4.78, 5) is 23.0. The number of amides is 2. The Hall–Kier alpha value is -2.44. The topological polar surface area (TPSA) is 96.9 Å². The van der Waals surface area contributed by atoms with Crippen LogP contribution in [-0.2, 0) is 4.79 Å². The van der Waals surface area contributed by atoms with E-state index in [0.717, 1.165) is 0 Å². The fourth-order valence-electron chi connectivity index (χ4n) is 1.72. The third kappa shape index (κ3) is 4.55. The normalized spacial score (nSPS) is 11.7. The highest BCUT2D eigenvalue weighted by atomic mass is 16.5. The minimum absolute atomic E-state index is 0.236. The molecule has 0 saturated heterocycles. The molecule has 0 spiro atoms. The zero-order valence-electron chi connectivity index (χ0n) is 12.5. The first-order valence-electron chi connectivity index (χ1n) is 6.41. The minimum atomic E-state index is -1.09. The number of urea groups is 1. The highest BCUT2D eigenvalue weighted by Crippen LogP contribution is 2.28. The molecule has 116 valence electrons. The molecule has 0 aliphatic heterocycles. The molecular weight excluding hydrogens is 276 g/mol. The number of benzene rings is 1. The predicted octanol–water partition coefficient (Wildman–Crippen LogP) is 1.93. The third-order valence-electron chi connectivity index (χ3n) is 2.87. The van der Waals surface area contributed by atoms with Crippen molar-refractivity contribution in [3.63, 3.8) is 0 Å². The SMILES string of the molecule is COc1ccc(OC)c(NC(=O)NC(C(=O)O)C(C)C)c1. The third-order valence-corrected chi connectivity index (χ3v) is 2.87. The zero-order chi connectivity index (χ0) is 16.0. The summed E-state index contributed by atoms with van der Waals surface area (Å²) in [6.45, 7) is 3.43. The average Bonchev–Trinajstić information content (AvgIpc) is 2.43. The number of carbonyl (C=O) groups excluding carboxylic acids is 1. The van der Waals surface area contributed by atoms with Crippen molar-refractivity contribution < 1.29 is 24.2 Å². The van der Waals surface area contributed by atoms with Crippen molar-refractivity contribution in [3.05, 3.63) is 18.2 Å². The van der Waals surface area contributed by atoms with Gasteiger partial charge in [0.2, 0.25) is 0 Å². The first-order chi connectivity index (χ1) is 9.88. The maximum Gasteiger partial charge on any atom is 0.326 e. The Balaban J connectivity index is 2.85. The van der Waals surface area contributed by atoms with E-state index in [9.17, 15) is 9.59 Å². The smallest absolute Gasteiger partial charge is 0.326 e. The van der Waals surface area contributed by atoms with Crippen molar-refractivity contribution >= 4 is 17.7 Å². The molecule has 7 heteroatoms. The van der Waals surface area contributed by atoms with Gasteiger partial charge >= 0.3 is 12.0 Å². The largest absolute Gasteiger partial charge is 0.497 e. The van der Waals surface area contributed by atoms with E-state index in [0.29, 0.717) is 17.2 Å². The minimum Gasteiger partial charge on any atom is -0.497 e. The van der Waals surface area contributed by atoms with Crippen LogP contribution in [0.15, 0.2) is 18.2 Å². The standard InChI is InChI=1S/C14H20N2O5/c1-8(2)12(13(17)18)16-14(19)15-10-7-9(20-3)5-6-11(10)21-4/h5-8,12H,1-4H3,(H,17,18)(H2,15,16,19). The lowest BCUT2D eigenvalue weighted by atomic mass is 10.1. The fourth-order valence-corrected chi connectivity index (χ4v) is 1.72. The number of aliphatic carboxylic acids is 1. The van der Waals surface area contributed by atoms with Crippen LogP contribution in [0, 0.1) is 5.92 Å². The van der Waals surface area contributed by atoms with Gasteiger partial charge in [-0.3, -0.25) is 0 Å². The lowest BCUT2D eigenvalue weighted by Gasteiger charge is -2.19.